The molecule has 0 aliphatic heterocycles. The number of methoxy groups -OCH3 is 1. The summed E-state index contributed by atoms with van der Waals surface area (Å²) in [5, 5.41) is 0. The molecule has 1 aliphatic carbocycles. The van der Waals surface area contributed by atoms with Crippen LogP contribution in [-0.2, 0) is 11.2 Å². The number of ether oxygens (including phenoxy) is 2. The third-order valence-electron chi connectivity index (χ3n) is 5.73. The Morgan fingerprint density at radius 3 is 2.31 bits per heavy atom. The minimum atomic E-state index is -0.299. The van der Waals surface area contributed by atoms with E-state index in [1.165, 1.54) is 36.8 Å². The van der Waals surface area contributed by atoms with Crippen LogP contribution in [0.2, 0.25) is 0 Å². The fraction of sp³-hybridized carbons (Fsp3) is 0.423. The van der Waals surface area contributed by atoms with Gasteiger partial charge in [0.1, 0.15) is 5.75 Å². The Labute approximate surface area is 174 Å². The Bertz CT molecular complexity index is 782. The smallest absolute Gasteiger partial charge is 0.343 e. The van der Waals surface area contributed by atoms with E-state index in [1.54, 1.807) is 7.11 Å². The van der Waals surface area contributed by atoms with Gasteiger partial charge in [0.25, 0.3) is 0 Å². The molecule has 29 heavy (non-hydrogen) atoms. The lowest BCUT2D eigenvalue weighted by atomic mass is 9.78. The molecule has 0 saturated heterocycles. The van der Waals surface area contributed by atoms with Gasteiger partial charge < -0.3 is 9.47 Å². The van der Waals surface area contributed by atoms with E-state index in [-0.39, 0.29) is 5.97 Å². The van der Waals surface area contributed by atoms with Gasteiger partial charge >= 0.3 is 5.97 Å². The summed E-state index contributed by atoms with van der Waals surface area (Å²) in [7, 11) is 1.73. The van der Waals surface area contributed by atoms with Crippen molar-refractivity contribution in [2.75, 3.05) is 13.7 Å². The van der Waals surface area contributed by atoms with E-state index < -0.39 is 0 Å². The second kappa shape index (κ2) is 11.0. The van der Waals surface area contributed by atoms with Gasteiger partial charge in [0.15, 0.2) is 0 Å². The first-order chi connectivity index (χ1) is 14.2. The highest BCUT2D eigenvalue weighted by Crippen LogP contribution is 2.36. The highest BCUT2D eigenvalue weighted by atomic mass is 16.5. The molecule has 2 aromatic carbocycles. The summed E-state index contributed by atoms with van der Waals surface area (Å²) in [4.78, 5) is 12.4. The Hall–Kier alpha value is -2.39. The zero-order chi connectivity index (χ0) is 20.5. The molecule has 3 nitrogen and oxygen atoms in total. The summed E-state index contributed by atoms with van der Waals surface area (Å²) in [5.41, 5.74) is 3.19. The summed E-state index contributed by atoms with van der Waals surface area (Å²) < 4.78 is 10.6. The number of aryl methyl sites for hydroxylation is 1. The zero-order valence-corrected chi connectivity index (χ0v) is 17.6. The molecule has 0 N–H and O–H groups in total. The van der Waals surface area contributed by atoms with Crippen LogP contribution < -0.4 is 4.74 Å². The first-order valence-corrected chi connectivity index (χ1v) is 10.8. The van der Waals surface area contributed by atoms with Gasteiger partial charge in [-0.3, -0.25) is 0 Å². The van der Waals surface area contributed by atoms with Crippen LogP contribution in [0.3, 0.4) is 0 Å². The molecule has 0 bridgehead atoms. The average molecular weight is 393 g/mol. The van der Waals surface area contributed by atoms with E-state index in [4.69, 9.17) is 9.47 Å². The molecule has 0 aromatic heterocycles. The number of hydrogen-bond acceptors (Lipinski definition) is 3. The molecule has 0 radical (unpaired) electrons. The van der Waals surface area contributed by atoms with Crippen LogP contribution in [0.25, 0.3) is 0 Å². The van der Waals surface area contributed by atoms with Crippen LogP contribution in [0, 0.1) is 5.92 Å². The quantitative estimate of drug-likeness (QED) is 0.299. The fourth-order valence-electron chi connectivity index (χ4n) is 4.06. The first-order valence-electron chi connectivity index (χ1n) is 10.8. The molecule has 1 saturated carbocycles. The number of allylic oxidation sites excluding steroid dienone is 1. The van der Waals surface area contributed by atoms with Crippen LogP contribution >= 0.6 is 0 Å². The van der Waals surface area contributed by atoms with E-state index in [0.717, 1.165) is 12.8 Å². The summed E-state index contributed by atoms with van der Waals surface area (Å²) in [6, 6.07) is 15.8. The summed E-state index contributed by atoms with van der Waals surface area (Å²) in [5.74, 6) is 1.54. The number of benzene rings is 2. The Morgan fingerprint density at radius 1 is 1.00 bits per heavy atom. The van der Waals surface area contributed by atoms with Crippen LogP contribution in [0.1, 0.15) is 66.4 Å². The second-order valence-corrected chi connectivity index (χ2v) is 7.90. The molecule has 154 valence electrons. The molecule has 1 fully saturated rings. The third kappa shape index (κ3) is 6.30. The van der Waals surface area contributed by atoms with Gasteiger partial charge in [0.2, 0.25) is 0 Å². The largest absolute Gasteiger partial charge is 0.423 e. The van der Waals surface area contributed by atoms with Gasteiger partial charge in [-0.1, -0.05) is 49.8 Å². The molecule has 0 atom stereocenters. The average Bonchev–Trinajstić information content (AvgIpc) is 2.76. The molecule has 3 rings (SSSR count). The van der Waals surface area contributed by atoms with Gasteiger partial charge in [-0.2, -0.15) is 0 Å². The maximum atomic E-state index is 12.4. The minimum Gasteiger partial charge on any atom is -0.423 e. The third-order valence-corrected chi connectivity index (χ3v) is 5.73. The minimum absolute atomic E-state index is 0.299. The van der Waals surface area contributed by atoms with Crippen LogP contribution in [0.15, 0.2) is 60.7 Å². The van der Waals surface area contributed by atoms with E-state index in [1.807, 2.05) is 36.4 Å². The zero-order valence-electron chi connectivity index (χ0n) is 17.6. The molecular formula is C26H32O3. The Balaban J connectivity index is 1.52. The number of carbonyl (C=O) groups is 1. The number of esters is 1. The fourth-order valence-corrected chi connectivity index (χ4v) is 4.06. The van der Waals surface area contributed by atoms with Gasteiger partial charge in [-0.15, -0.1) is 0 Å². The van der Waals surface area contributed by atoms with Crippen LogP contribution in [0.5, 0.6) is 5.75 Å². The Kier molecular flexibility index (Phi) is 8.06. The molecule has 0 amide bonds. The van der Waals surface area contributed by atoms with E-state index >= 15 is 0 Å². The first kappa shape index (κ1) is 21.3. The normalized spacial score (nSPS) is 19.4. The maximum absolute atomic E-state index is 12.4. The van der Waals surface area contributed by atoms with Crippen molar-refractivity contribution in [3.63, 3.8) is 0 Å². The molecule has 3 heteroatoms. The molecule has 0 spiro atoms. The summed E-state index contributed by atoms with van der Waals surface area (Å²) >= 11 is 0. The Morgan fingerprint density at radius 2 is 1.69 bits per heavy atom. The van der Waals surface area contributed by atoms with E-state index in [9.17, 15) is 4.79 Å². The van der Waals surface area contributed by atoms with E-state index in [0.29, 0.717) is 29.8 Å². The van der Waals surface area contributed by atoms with Crippen molar-refractivity contribution in [1.29, 1.82) is 0 Å². The highest BCUT2D eigenvalue weighted by Gasteiger charge is 2.21. The predicted octanol–water partition coefficient (Wildman–Crippen LogP) is 6.33. The lowest BCUT2D eigenvalue weighted by Gasteiger charge is -2.27. The lowest BCUT2D eigenvalue weighted by Crippen LogP contribution is -2.13. The number of carbonyl (C=O) groups excluding carboxylic acids is 1. The number of rotatable bonds is 8. The SMILES string of the molecule is CCCc1ccc(OC(=O)c2ccc([C@H]3CC[C@H](/C=C/COC)CC3)cc2)cc1. The van der Waals surface area contributed by atoms with E-state index in [2.05, 4.69) is 31.2 Å². The lowest BCUT2D eigenvalue weighted by molar-refractivity contribution is 0.0734. The van der Waals surface area contributed by atoms with Crippen molar-refractivity contribution in [3.05, 3.63) is 77.4 Å². The molecule has 0 unspecified atom stereocenters. The van der Waals surface area contributed by atoms with Crippen molar-refractivity contribution in [3.8, 4) is 5.75 Å². The standard InChI is InChI=1S/C26H32O3/c1-3-5-20-9-17-25(18-10-20)29-26(27)24-15-13-23(14-16-24)22-11-7-21(8-12-22)6-4-19-28-2/h4,6,9-10,13-18,21-22H,3,5,7-8,11-12,19H2,1-2H3/b6-4+/t21-,22-. The van der Waals surface area contributed by atoms with Gasteiger partial charge in [-0.05, 0) is 79.3 Å². The second-order valence-electron chi connectivity index (χ2n) is 7.90. The van der Waals surface area contributed by atoms with Crippen molar-refractivity contribution >= 4 is 5.97 Å². The topological polar surface area (TPSA) is 35.5 Å². The molecular weight excluding hydrogens is 360 g/mol. The monoisotopic (exact) mass is 392 g/mol. The van der Waals surface area contributed by atoms with Gasteiger partial charge in [-0.25, -0.2) is 4.79 Å². The van der Waals surface area contributed by atoms with Crippen LogP contribution in [-0.4, -0.2) is 19.7 Å². The summed E-state index contributed by atoms with van der Waals surface area (Å²) in [6.07, 6.45) is 11.4. The van der Waals surface area contributed by atoms with Gasteiger partial charge in [0, 0.05) is 7.11 Å². The van der Waals surface area contributed by atoms with Crippen molar-refractivity contribution in [2.24, 2.45) is 5.92 Å². The van der Waals surface area contributed by atoms with Crippen LogP contribution in [0.4, 0.5) is 0 Å². The van der Waals surface area contributed by atoms with Crippen molar-refractivity contribution < 1.29 is 14.3 Å². The predicted molar refractivity (Wildman–Crippen MR) is 118 cm³/mol. The van der Waals surface area contributed by atoms with Crippen molar-refractivity contribution in [2.45, 2.75) is 51.4 Å². The maximum Gasteiger partial charge on any atom is 0.343 e. The number of hydrogen-bond donors (Lipinski definition) is 0. The van der Waals surface area contributed by atoms with Crippen molar-refractivity contribution in [1.82, 2.24) is 0 Å². The highest BCUT2D eigenvalue weighted by molar-refractivity contribution is 5.91. The van der Waals surface area contributed by atoms with Gasteiger partial charge in [0.05, 0.1) is 12.2 Å². The molecule has 1 aliphatic rings. The summed E-state index contributed by atoms with van der Waals surface area (Å²) in [6.45, 7) is 2.85. The molecule has 0 heterocycles. The molecule has 2 aromatic rings.